The van der Waals surface area contributed by atoms with Crippen LogP contribution in [0.1, 0.15) is 38.7 Å². The summed E-state index contributed by atoms with van der Waals surface area (Å²) in [6, 6.07) is 4.44. The van der Waals surface area contributed by atoms with Gasteiger partial charge in [-0.15, -0.1) is 0 Å². The molecule has 18 heavy (non-hydrogen) atoms. The van der Waals surface area contributed by atoms with Gasteiger partial charge in [0.15, 0.2) is 0 Å². The van der Waals surface area contributed by atoms with Gasteiger partial charge in [0.05, 0.1) is 12.7 Å². The molecule has 1 fully saturated rings. The second-order valence-corrected chi connectivity index (χ2v) is 5.46. The standard InChI is InChI=1S/C15H21FO2/c1-10-3-4-14(5-11(10)2)18-15-7-12(9-17)6-13(16)8-15/h6-8,10-11,14,17H,3-5,9H2,1-2H3. The van der Waals surface area contributed by atoms with E-state index in [2.05, 4.69) is 13.8 Å². The molecule has 1 aromatic rings. The van der Waals surface area contributed by atoms with Gasteiger partial charge in [0.25, 0.3) is 0 Å². The highest BCUT2D eigenvalue weighted by Crippen LogP contribution is 2.32. The Balaban J connectivity index is 2.03. The second kappa shape index (κ2) is 5.70. The average Bonchev–Trinajstić information content (AvgIpc) is 2.33. The first-order chi connectivity index (χ1) is 8.58. The van der Waals surface area contributed by atoms with Crippen LogP contribution >= 0.6 is 0 Å². The molecule has 1 N–H and O–H groups in total. The Hall–Kier alpha value is -1.09. The topological polar surface area (TPSA) is 29.5 Å². The lowest BCUT2D eigenvalue weighted by Crippen LogP contribution is -2.28. The zero-order valence-corrected chi connectivity index (χ0v) is 11.0. The highest BCUT2D eigenvalue weighted by molar-refractivity contribution is 5.29. The van der Waals surface area contributed by atoms with E-state index in [1.54, 1.807) is 6.07 Å². The Bertz CT molecular complexity index is 405. The van der Waals surface area contributed by atoms with Crippen molar-refractivity contribution in [2.75, 3.05) is 0 Å². The number of aliphatic hydroxyl groups is 1. The van der Waals surface area contributed by atoms with Crippen molar-refractivity contribution in [2.24, 2.45) is 11.8 Å². The molecular weight excluding hydrogens is 231 g/mol. The highest BCUT2D eigenvalue weighted by atomic mass is 19.1. The van der Waals surface area contributed by atoms with Crippen LogP contribution in [0, 0.1) is 17.7 Å². The normalized spacial score (nSPS) is 28.1. The van der Waals surface area contributed by atoms with Gasteiger partial charge in [-0.1, -0.05) is 13.8 Å². The molecule has 0 aliphatic heterocycles. The zero-order chi connectivity index (χ0) is 13.1. The monoisotopic (exact) mass is 252 g/mol. The second-order valence-electron chi connectivity index (χ2n) is 5.46. The number of hydrogen-bond donors (Lipinski definition) is 1. The van der Waals surface area contributed by atoms with E-state index in [0.717, 1.165) is 25.2 Å². The number of aliphatic hydroxyl groups excluding tert-OH is 1. The summed E-state index contributed by atoms with van der Waals surface area (Å²) in [6.45, 7) is 4.35. The smallest absolute Gasteiger partial charge is 0.127 e. The van der Waals surface area contributed by atoms with Crippen LogP contribution in [0.2, 0.25) is 0 Å². The Labute approximate surface area is 108 Å². The highest BCUT2D eigenvalue weighted by Gasteiger charge is 2.25. The number of halogens is 1. The minimum Gasteiger partial charge on any atom is -0.490 e. The van der Waals surface area contributed by atoms with Gasteiger partial charge < -0.3 is 9.84 Å². The van der Waals surface area contributed by atoms with Crippen molar-refractivity contribution < 1.29 is 14.2 Å². The van der Waals surface area contributed by atoms with E-state index in [4.69, 9.17) is 9.84 Å². The van der Waals surface area contributed by atoms with Crippen molar-refractivity contribution >= 4 is 0 Å². The number of benzene rings is 1. The van der Waals surface area contributed by atoms with Crippen molar-refractivity contribution in [3.05, 3.63) is 29.6 Å². The summed E-state index contributed by atoms with van der Waals surface area (Å²) in [4.78, 5) is 0. The Kier molecular flexibility index (Phi) is 4.23. The van der Waals surface area contributed by atoms with Crippen molar-refractivity contribution in [3.63, 3.8) is 0 Å². The lowest BCUT2D eigenvalue weighted by Gasteiger charge is -2.32. The summed E-state index contributed by atoms with van der Waals surface area (Å²) in [6.07, 6.45) is 3.38. The van der Waals surface area contributed by atoms with E-state index in [-0.39, 0.29) is 18.5 Å². The number of rotatable bonds is 3. The molecule has 2 rings (SSSR count). The van der Waals surface area contributed by atoms with Gasteiger partial charge in [0.1, 0.15) is 11.6 Å². The van der Waals surface area contributed by atoms with Crippen molar-refractivity contribution in [3.8, 4) is 5.75 Å². The van der Waals surface area contributed by atoms with Gasteiger partial charge >= 0.3 is 0 Å². The van der Waals surface area contributed by atoms with Crippen LogP contribution in [0.5, 0.6) is 5.75 Å². The molecular formula is C15H21FO2. The summed E-state index contributed by atoms with van der Waals surface area (Å²) in [5.74, 6) is 1.57. The predicted octanol–water partition coefficient (Wildman–Crippen LogP) is 3.52. The molecule has 0 amide bonds. The minimum atomic E-state index is -0.353. The van der Waals surface area contributed by atoms with E-state index in [9.17, 15) is 4.39 Å². The number of hydrogen-bond acceptors (Lipinski definition) is 2. The van der Waals surface area contributed by atoms with Crippen LogP contribution in [0.4, 0.5) is 4.39 Å². The predicted molar refractivity (Wildman–Crippen MR) is 68.9 cm³/mol. The molecule has 3 unspecified atom stereocenters. The zero-order valence-electron chi connectivity index (χ0n) is 11.0. The molecule has 0 spiro atoms. The number of ether oxygens (including phenoxy) is 1. The minimum absolute atomic E-state index is 0.160. The summed E-state index contributed by atoms with van der Waals surface area (Å²) in [5, 5.41) is 9.05. The maximum atomic E-state index is 13.3. The molecule has 0 radical (unpaired) electrons. The molecule has 1 saturated carbocycles. The molecule has 100 valence electrons. The van der Waals surface area contributed by atoms with Gasteiger partial charge in [0, 0.05) is 6.07 Å². The van der Waals surface area contributed by atoms with Gasteiger partial charge in [0.2, 0.25) is 0 Å². The maximum absolute atomic E-state index is 13.3. The summed E-state index contributed by atoms with van der Waals surface area (Å²) < 4.78 is 19.2. The summed E-state index contributed by atoms with van der Waals surface area (Å²) in [7, 11) is 0. The first-order valence-corrected chi connectivity index (χ1v) is 6.65. The molecule has 1 aliphatic carbocycles. The lowest BCUT2D eigenvalue weighted by molar-refractivity contribution is 0.100. The van der Waals surface area contributed by atoms with Crippen molar-refractivity contribution in [1.29, 1.82) is 0 Å². The van der Waals surface area contributed by atoms with Crippen LogP contribution in [0.3, 0.4) is 0 Å². The third-order valence-corrected chi connectivity index (χ3v) is 3.97. The van der Waals surface area contributed by atoms with Crippen molar-refractivity contribution in [1.82, 2.24) is 0 Å². The molecule has 0 heterocycles. The van der Waals surface area contributed by atoms with Crippen LogP contribution < -0.4 is 4.74 Å². The molecule has 1 aliphatic rings. The van der Waals surface area contributed by atoms with E-state index < -0.39 is 0 Å². The van der Waals surface area contributed by atoms with Crippen molar-refractivity contribution in [2.45, 2.75) is 45.8 Å². The van der Waals surface area contributed by atoms with E-state index in [1.165, 1.54) is 12.1 Å². The summed E-state index contributed by atoms with van der Waals surface area (Å²) in [5.41, 5.74) is 0.558. The van der Waals surface area contributed by atoms with E-state index in [1.807, 2.05) is 0 Å². The first kappa shape index (κ1) is 13.3. The SMILES string of the molecule is CC1CCC(Oc2cc(F)cc(CO)c2)CC1C. The summed E-state index contributed by atoms with van der Waals surface area (Å²) >= 11 is 0. The molecule has 3 heteroatoms. The molecule has 1 aromatic carbocycles. The fraction of sp³-hybridized carbons (Fsp3) is 0.600. The molecule has 0 aromatic heterocycles. The Morgan fingerprint density at radius 2 is 2.00 bits per heavy atom. The van der Waals surface area contributed by atoms with Crippen LogP contribution in [0.15, 0.2) is 18.2 Å². The Morgan fingerprint density at radius 1 is 1.22 bits per heavy atom. The quantitative estimate of drug-likeness (QED) is 0.891. The van der Waals surface area contributed by atoms with E-state index >= 15 is 0 Å². The molecule has 0 saturated heterocycles. The van der Waals surface area contributed by atoms with Crippen LogP contribution in [-0.4, -0.2) is 11.2 Å². The molecule has 0 bridgehead atoms. The fourth-order valence-electron chi connectivity index (χ4n) is 2.58. The molecule has 3 atom stereocenters. The Morgan fingerprint density at radius 3 is 2.67 bits per heavy atom. The van der Waals surface area contributed by atoms with Crippen LogP contribution in [0.25, 0.3) is 0 Å². The maximum Gasteiger partial charge on any atom is 0.127 e. The largest absolute Gasteiger partial charge is 0.490 e. The van der Waals surface area contributed by atoms with E-state index in [0.29, 0.717) is 17.2 Å². The third-order valence-electron chi connectivity index (χ3n) is 3.97. The van der Waals surface area contributed by atoms with Gasteiger partial charge in [-0.05, 0) is 48.8 Å². The van der Waals surface area contributed by atoms with Gasteiger partial charge in [-0.3, -0.25) is 0 Å². The van der Waals surface area contributed by atoms with Crippen LogP contribution in [-0.2, 0) is 6.61 Å². The average molecular weight is 252 g/mol. The fourth-order valence-corrected chi connectivity index (χ4v) is 2.58. The lowest BCUT2D eigenvalue weighted by atomic mass is 9.80. The molecule has 2 nitrogen and oxygen atoms in total. The third kappa shape index (κ3) is 3.22. The first-order valence-electron chi connectivity index (χ1n) is 6.65. The van der Waals surface area contributed by atoms with Gasteiger partial charge in [-0.25, -0.2) is 4.39 Å². The van der Waals surface area contributed by atoms with Gasteiger partial charge in [-0.2, -0.15) is 0 Å².